The summed E-state index contributed by atoms with van der Waals surface area (Å²) in [5.74, 6) is 0.490. The SMILES string of the molecule is O=C(NCc1ccccn1)N[C@@H]1CCC[C@H]2OCC[C@H]12. The predicted molar refractivity (Wildman–Crippen MR) is 75.1 cm³/mol. The van der Waals surface area contributed by atoms with Gasteiger partial charge in [0.05, 0.1) is 18.3 Å². The summed E-state index contributed by atoms with van der Waals surface area (Å²) < 4.78 is 5.72. The van der Waals surface area contributed by atoms with Crippen LogP contribution >= 0.6 is 0 Å². The lowest BCUT2D eigenvalue weighted by Crippen LogP contribution is -2.49. The number of carbonyl (C=O) groups excluding carboxylic acids is 1. The van der Waals surface area contributed by atoms with Crippen molar-refractivity contribution in [3.63, 3.8) is 0 Å². The number of urea groups is 1. The number of aromatic nitrogens is 1. The van der Waals surface area contributed by atoms with Gasteiger partial charge in [-0.25, -0.2) is 4.79 Å². The minimum Gasteiger partial charge on any atom is -0.378 e. The average Bonchev–Trinajstić information content (AvgIpc) is 2.96. The second-order valence-electron chi connectivity index (χ2n) is 5.55. The Morgan fingerprint density at radius 1 is 1.35 bits per heavy atom. The van der Waals surface area contributed by atoms with Crippen molar-refractivity contribution in [3.05, 3.63) is 30.1 Å². The molecule has 1 saturated carbocycles. The van der Waals surface area contributed by atoms with Gasteiger partial charge in [-0.05, 0) is 37.8 Å². The number of rotatable bonds is 3. The Bertz CT molecular complexity index is 452. The van der Waals surface area contributed by atoms with Crippen molar-refractivity contribution in [2.75, 3.05) is 6.61 Å². The summed E-state index contributed by atoms with van der Waals surface area (Å²) >= 11 is 0. The fraction of sp³-hybridized carbons (Fsp3) is 0.600. The Morgan fingerprint density at radius 3 is 3.15 bits per heavy atom. The monoisotopic (exact) mass is 275 g/mol. The van der Waals surface area contributed by atoms with E-state index in [2.05, 4.69) is 15.6 Å². The molecule has 0 unspecified atom stereocenters. The predicted octanol–water partition coefficient (Wildman–Crippen LogP) is 1.84. The maximum Gasteiger partial charge on any atom is 0.315 e. The Hall–Kier alpha value is -1.62. The molecule has 5 nitrogen and oxygen atoms in total. The number of ether oxygens (including phenoxy) is 1. The smallest absolute Gasteiger partial charge is 0.315 e. The third-order valence-electron chi connectivity index (χ3n) is 4.25. The molecule has 2 amide bonds. The molecule has 1 saturated heterocycles. The van der Waals surface area contributed by atoms with E-state index in [0.29, 0.717) is 18.6 Å². The van der Waals surface area contributed by atoms with E-state index in [4.69, 9.17) is 4.74 Å². The summed E-state index contributed by atoms with van der Waals surface area (Å²) in [6.45, 7) is 1.30. The summed E-state index contributed by atoms with van der Waals surface area (Å²) in [6, 6.07) is 5.84. The van der Waals surface area contributed by atoms with E-state index in [9.17, 15) is 4.79 Å². The molecule has 0 spiro atoms. The molecule has 0 bridgehead atoms. The molecule has 2 N–H and O–H groups in total. The topological polar surface area (TPSA) is 63.2 Å². The number of fused-ring (bicyclic) bond motifs is 1. The molecule has 2 fully saturated rings. The lowest BCUT2D eigenvalue weighted by Gasteiger charge is -2.33. The van der Waals surface area contributed by atoms with Gasteiger partial charge in [-0.3, -0.25) is 4.98 Å². The third kappa shape index (κ3) is 3.10. The van der Waals surface area contributed by atoms with Crippen LogP contribution in [0.2, 0.25) is 0 Å². The van der Waals surface area contributed by atoms with Crippen LogP contribution in [-0.2, 0) is 11.3 Å². The van der Waals surface area contributed by atoms with Crippen molar-refractivity contribution in [1.82, 2.24) is 15.6 Å². The fourth-order valence-electron chi connectivity index (χ4n) is 3.25. The summed E-state index contributed by atoms with van der Waals surface area (Å²) in [5, 5.41) is 5.98. The van der Waals surface area contributed by atoms with Crippen LogP contribution in [0.25, 0.3) is 0 Å². The quantitative estimate of drug-likeness (QED) is 0.884. The van der Waals surface area contributed by atoms with Gasteiger partial charge in [-0.15, -0.1) is 0 Å². The first-order valence-corrected chi connectivity index (χ1v) is 7.39. The van der Waals surface area contributed by atoms with Gasteiger partial charge in [0.2, 0.25) is 0 Å². The van der Waals surface area contributed by atoms with Crippen molar-refractivity contribution in [3.8, 4) is 0 Å². The van der Waals surface area contributed by atoms with E-state index in [-0.39, 0.29) is 12.1 Å². The largest absolute Gasteiger partial charge is 0.378 e. The van der Waals surface area contributed by atoms with Gasteiger partial charge in [0, 0.05) is 24.8 Å². The number of nitrogens with zero attached hydrogens (tertiary/aromatic N) is 1. The van der Waals surface area contributed by atoms with Crippen molar-refractivity contribution >= 4 is 6.03 Å². The van der Waals surface area contributed by atoms with Gasteiger partial charge in [-0.1, -0.05) is 6.07 Å². The van der Waals surface area contributed by atoms with Crippen LogP contribution in [0.5, 0.6) is 0 Å². The fourth-order valence-corrected chi connectivity index (χ4v) is 3.25. The Morgan fingerprint density at radius 2 is 2.30 bits per heavy atom. The van der Waals surface area contributed by atoms with Crippen LogP contribution in [0.1, 0.15) is 31.4 Å². The molecular formula is C15H21N3O2. The average molecular weight is 275 g/mol. The Kier molecular flexibility index (Phi) is 4.16. The van der Waals surface area contributed by atoms with Crippen LogP contribution in [0.4, 0.5) is 4.79 Å². The van der Waals surface area contributed by atoms with E-state index in [0.717, 1.165) is 38.0 Å². The van der Waals surface area contributed by atoms with Gasteiger partial charge in [0.15, 0.2) is 0 Å². The summed E-state index contributed by atoms with van der Waals surface area (Å²) in [7, 11) is 0. The highest BCUT2D eigenvalue weighted by molar-refractivity contribution is 5.74. The standard InChI is InChI=1S/C15H21N3O2/c19-15(17-10-11-4-1-2-8-16-11)18-13-5-3-6-14-12(13)7-9-20-14/h1-2,4,8,12-14H,3,5-7,9-10H2,(H2,17,18,19)/t12-,13-,14-/m1/s1. The molecule has 108 valence electrons. The van der Waals surface area contributed by atoms with Crippen LogP contribution in [0.15, 0.2) is 24.4 Å². The zero-order valence-corrected chi connectivity index (χ0v) is 11.5. The van der Waals surface area contributed by atoms with E-state index < -0.39 is 0 Å². The molecule has 0 radical (unpaired) electrons. The van der Waals surface area contributed by atoms with Crippen molar-refractivity contribution < 1.29 is 9.53 Å². The molecule has 2 heterocycles. The van der Waals surface area contributed by atoms with Gasteiger partial charge in [-0.2, -0.15) is 0 Å². The first-order valence-electron chi connectivity index (χ1n) is 7.39. The highest BCUT2D eigenvalue weighted by atomic mass is 16.5. The minimum atomic E-state index is -0.104. The maximum absolute atomic E-state index is 12.0. The molecule has 3 atom stereocenters. The molecule has 20 heavy (non-hydrogen) atoms. The number of hydrogen-bond donors (Lipinski definition) is 2. The second kappa shape index (κ2) is 6.22. The normalized spacial score (nSPS) is 28.7. The first-order chi connectivity index (χ1) is 9.83. The summed E-state index contributed by atoms with van der Waals surface area (Å²) in [6.07, 6.45) is 6.48. The number of carbonyl (C=O) groups is 1. The number of nitrogens with one attached hydrogen (secondary N) is 2. The molecule has 1 aromatic heterocycles. The molecule has 3 rings (SSSR count). The highest BCUT2D eigenvalue weighted by Gasteiger charge is 2.38. The molecule has 5 heteroatoms. The van der Waals surface area contributed by atoms with Gasteiger partial charge in [0.25, 0.3) is 0 Å². The van der Waals surface area contributed by atoms with Crippen molar-refractivity contribution in [2.24, 2.45) is 5.92 Å². The van der Waals surface area contributed by atoms with E-state index >= 15 is 0 Å². The lowest BCUT2D eigenvalue weighted by molar-refractivity contribution is 0.0549. The summed E-state index contributed by atoms with van der Waals surface area (Å²) in [5.41, 5.74) is 0.869. The maximum atomic E-state index is 12.0. The lowest BCUT2D eigenvalue weighted by atomic mass is 9.82. The van der Waals surface area contributed by atoms with Crippen LogP contribution in [0.3, 0.4) is 0 Å². The van der Waals surface area contributed by atoms with Crippen LogP contribution in [-0.4, -0.2) is 29.8 Å². The van der Waals surface area contributed by atoms with E-state index in [1.54, 1.807) is 6.20 Å². The minimum absolute atomic E-state index is 0.104. The van der Waals surface area contributed by atoms with Crippen LogP contribution < -0.4 is 10.6 Å². The number of amides is 2. The number of hydrogen-bond acceptors (Lipinski definition) is 3. The zero-order chi connectivity index (χ0) is 13.8. The molecule has 1 aliphatic heterocycles. The second-order valence-corrected chi connectivity index (χ2v) is 5.55. The van der Waals surface area contributed by atoms with Gasteiger partial charge in [0.1, 0.15) is 0 Å². The highest BCUT2D eigenvalue weighted by Crippen LogP contribution is 2.34. The zero-order valence-electron chi connectivity index (χ0n) is 11.5. The molecule has 0 aromatic carbocycles. The molecule has 1 aromatic rings. The van der Waals surface area contributed by atoms with Crippen molar-refractivity contribution in [2.45, 2.75) is 44.4 Å². The van der Waals surface area contributed by atoms with Crippen molar-refractivity contribution in [1.29, 1.82) is 0 Å². The Labute approximate surface area is 119 Å². The van der Waals surface area contributed by atoms with E-state index in [1.807, 2.05) is 18.2 Å². The molecule has 1 aliphatic carbocycles. The van der Waals surface area contributed by atoms with Gasteiger partial charge < -0.3 is 15.4 Å². The van der Waals surface area contributed by atoms with Gasteiger partial charge >= 0.3 is 6.03 Å². The third-order valence-corrected chi connectivity index (χ3v) is 4.25. The first kappa shape index (κ1) is 13.4. The Balaban J connectivity index is 1.48. The summed E-state index contributed by atoms with van der Waals surface area (Å²) in [4.78, 5) is 16.2. The van der Waals surface area contributed by atoms with E-state index in [1.165, 1.54) is 0 Å². The molecule has 2 aliphatic rings. The van der Waals surface area contributed by atoms with Crippen LogP contribution in [0, 0.1) is 5.92 Å². The number of pyridine rings is 1. The molecular weight excluding hydrogens is 254 g/mol.